The molecule has 2 aromatic rings. The lowest BCUT2D eigenvalue weighted by Gasteiger charge is -2.29. The van der Waals surface area contributed by atoms with E-state index in [4.69, 9.17) is 4.74 Å². The third kappa shape index (κ3) is 4.65. The van der Waals surface area contributed by atoms with Gasteiger partial charge >= 0.3 is 5.97 Å². The van der Waals surface area contributed by atoms with Gasteiger partial charge in [0.1, 0.15) is 0 Å². The van der Waals surface area contributed by atoms with Crippen molar-refractivity contribution < 1.29 is 22.7 Å². The number of amides is 1. The van der Waals surface area contributed by atoms with Gasteiger partial charge in [-0.15, -0.1) is 0 Å². The summed E-state index contributed by atoms with van der Waals surface area (Å²) in [4.78, 5) is 24.1. The minimum absolute atomic E-state index is 0.289. The number of carbonyl (C=O) groups excluding carboxylic acids is 2. The molecule has 8 heteroatoms. The zero-order valence-electron chi connectivity index (χ0n) is 14.8. The molecule has 0 saturated heterocycles. The molecular formula is C19H20N2O5S. The van der Waals surface area contributed by atoms with E-state index in [1.54, 1.807) is 36.4 Å². The van der Waals surface area contributed by atoms with Crippen molar-refractivity contribution in [1.29, 1.82) is 0 Å². The fraction of sp³-hybridized carbons (Fsp3) is 0.263. The predicted octanol–water partition coefficient (Wildman–Crippen LogP) is 2.19. The van der Waals surface area contributed by atoms with Gasteiger partial charge in [-0.2, -0.15) is 0 Å². The van der Waals surface area contributed by atoms with Gasteiger partial charge in [-0.05, 0) is 48.7 Å². The van der Waals surface area contributed by atoms with E-state index >= 15 is 0 Å². The maximum atomic E-state index is 12.2. The van der Waals surface area contributed by atoms with E-state index in [2.05, 4.69) is 5.32 Å². The van der Waals surface area contributed by atoms with Crippen molar-refractivity contribution >= 4 is 33.3 Å². The number of aryl methyl sites for hydroxylation is 1. The average molecular weight is 388 g/mol. The topological polar surface area (TPSA) is 92.8 Å². The fourth-order valence-corrected chi connectivity index (χ4v) is 3.96. The number of sulfonamides is 1. The highest BCUT2D eigenvalue weighted by Crippen LogP contribution is 2.30. The maximum Gasteiger partial charge on any atom is 0.338 e. The first-order valence-corrected chi connectivity index (χ1v) is 10.3. The van der Waals surface area contributed by atoms with E-state index in [0.29, 0.717) is 30.8 Å². The molecule has 0 saturated carbocycles. The number of ether oxygens (including phenoxy) is 1. The molecule has 1 aliphatic rings. The number of fused-ring (bicyclic) bond motifs is 1. The van der Waals surface area contributed by atoms with Crippen LogP contribution in [0.4, 0.5) is 11.4 Å². The number of para-hydroxylation sites is 1. The van der Waals surface area contributed by atoms with Crippen molar-refractivity contribution in [2.45, 2.75) is 12.8 Å². The monoisotopic (exact) mass is 388 g/mol. The van der Waals surface area contributed by atoms with Crippen molar-refractivity contribution in [3.05, 3.63) is 59.7 Å². The quantitative estimate of drug-likeness (QED) is 0.793. The smallest absolute Gasteiger partial charge is 0.338 e. The number of benzene rings is 2. The van der Waals surface area contributed by atoms with Crippen LogP contribution in [0, 0.1) is 0 Å². The number of anilines is 2. The molecule has 1 heterocycles. The Morgan fingerprint density at radius 2 is 1.89 bits per heavy atom. The molecule has 0 aliphatic carbocycles. The lowest BCUT2D eigenvalue weighted by atomic mass is 10.0. The molecule has 1 N–H and O–H groups in total. The van der Waals surface area contributed by atoms with Gasteiger partial charge in [0.15, 0.2) is 6.61 Å². The molecular weight excluding hydrogens is 368 g/mol. The summed E-state index contributed by atoms with van der Waals surface area (Å²) in [5, 5.41) is 2.63. The first-order chi connectivity index (χ1) is 12.8. The van der Waals surface area contributed by atoms with Gasteiger partial charge in [0, 0.05) is 12.2 Å². The van der Waals surface area contributed by atoms with Crippen molar-refractivity contribution in [1.82, 2.24) is 0 Å². The van der Waals surface area contributed by atoms with Crippen LogP contribution in [0.5, 0.6) is 0 Å². The molecule has 1 amide bonds. The van der Waals surface area contributed by atoms with Crippen LogP contribution in [0.1, 0.15) is 22.3 Å². The second-order valence-electron chi connectivity index (χ2n) is 6.27. The second-order valence-corrected chi connectivity index (χ2v) is 8.18. The largest absolute Gasteiger partial charge is 0.452 e. The lowest BCUT2D eigenvalue weighted by Crippen LogP contribution is -2.34. The van der Waals surface area contributed by atoms with Crippen LogP contribution in [0.15, 0.2) is 48.5 Å². The van der Waals surface area contributed by atoms with Gasteiger partial charge in [-0.1, -0.05) is 18.2 Å². The molecule has 0 spiro atoms. The normalized spacial score (nSPS) is 13.6. The van der Waals surface area contributed by atoms with E-state index < -0.39 is 28.5 Å². The van der Waals surface area contributed by atoms with Crippen LogP contribution in [-0.2, 0) is 26.0 Å². The zero-order valence-corrected chi connectivity index (χ0v) is 15.7. The van der Waals surface area contributed by atoms with E-state index in [9.17, 15) is 18.0 Å². The molecule has 0 bridgehead atoms. The molecule has 3 rings (SSSR count). The first kappa shape index (κ1) is 18.9. The van der Waals surface area contributed by atoms with Gasteiger partial charge in [0.2, 0.25) is 10.0 Å². The third-order valence-corrected chi connectivity index (χ3v) is 5.36. The first-order valence-electron chi connectivity index (χ1n) is 8.47. The summed E-state index contributed by atoms with van der Waals surface area (Å²) in [6.07, 6.45) is 2.52. The molecule has 142 valence electrons. The SMILES string of the molecule is CS(=O)(=O)N1CCCc2cc(C(=O)OCC(=O)Nc3ccccc3)ccc21. The Bertz CT molecular complexity index is 957. The van der Waals surface area contributed by atoms with Gasteiger partial charge in [-0.3, -0.25) is 9.10 Å². The summed E-state index contributed by atoms with van der Waals surface area (Å²) < 4.78 is 30.2. The fourth-order valence-electron chi connectivity index (χ4n) is 2.97. The van der Waals surface area contributed by atoms with Gasteiger partial charge in [0.25, 0.3) is 5.91 Å². The molecule has 0 aromatic heterocycles. The number of rotatable bonds is 5. The minimum Gasteiger partial charge on any atom is -0.452 e. The van der Waals surface area contributed by atoms with Crippen molar-refractivity contribution in [2.24, 2.45) is 0 Å². The molecule has 0 radical (unpaired) electrons. The number of nitrogens with one attached hydrogen (secondary N) is 1. The third-order valence-electron chi connectivity index (χ3n) is 4.18. The van der Waals surface area contributed by atoms with Crippen molar-refractivity contribution in [3.8, 4) is 0 Å². The van der Waals surface area contributed by atoms with Crippen LogP contribution >= 0.6 is 0 Å². The Labute approximate surface area is 158 Å². The van der Waals surface area contributed by atoms with Gasteiger partial charge < -0.3 is 10.1 Å². The number of hydrogen-bond donors (Lipinski definition) is 1. The molecule has 1 aliphatic heterocycles. The molecule has 0 fully saturated rings. The minimum atomic E-state index is -3.36. The molecule has 27 heavy (non-hydrogen) atoms. The van der Waals surface area contributed by atoms with E-state index in [1.807, 2.05) is 6.07 Å². The molecule has 7 nitrogen and oxygen atoms in total. The number of carbonyl (C=O) groups is 2. The Morgan fingerprint density at radius 1 is 1.15 bits per heavy atom. The molecule has 0 unspecified atom stereocenters. The summed E-state index contributed by atoms with van der Waals surface area (Å²) in [5.41, 5.74) is 2.27. The Morgan fingerprint density at radius 3 is 2.59 bits per heavy atom. The Balaban J connectivity index is 1.65. The van der Waals surface area contributed by atoms with E-state index in [1.165, 1.54) is 10.4 Å². The van der Waals surface area contributed by atoms with Crippen LogP contribution < -0.4 is 9.62 Å². The summed E-state index contributed by atoms with van der Waals surface area (Å²) >= 11 is 0. The number of esters is 1. The van der Waals surface area contributed by atoms with Crippen LogP contribution in [0.25, 0.3) is 0 Å². The van der Waals surface area contributed by atoms with Gasteiger partial charge in [-0.25, -0.2) is 13.2 Å². The van der Waals surface area contributed by atoms with E-state index in [0.717, 1.165) is 11.8 Å². The molecule has 0 atom stereocenters. The van der Waals surface area contributed by atoms with Crippen molar-refractivity contribution in [3.63, 3.8) is 0 Å². The lowest BCUT2D eigenvalue weighted by molar-refractivity contribution is -0.119. The summed E-state index contributed by atoms with van der Waals surface area (Å²) in [5.74, 6) is -1.06. The highest BCUT2D eigenvalue weighted by atomic mass is 32.2. The Kier molecular flexibility index (Phi) is 5.46. The second kappa shape index (κ2) is 7.79. The van der Waals surface area contributed by atoms with Crippen LogP contribution in [0.3, 0.4) is 0 Å². The highest BCUT2D eigenvalue weighted by Gasteiger charge is 2.25. The summed E-state index contributed by atoms with van der Waals surface area (Å²) in [6, 6.07) is 13.6. The predicted molar refractivity (Wildman–Crippen MR) is 102 cm³/mol. The molecule has 2 aromatic carbocycles. The Hall–Kier alpha value is -2.87. The van der Waals surface area contributed by atoms with Crippen LogP contribution in [0.2, 0.25) is 0 Å². The number of nitrogens with zero attached hydrogens (tertiary/aromatic N) is 1. The number of hydrogen-bond acceptors (Lipinski definition) is 5. The van der Waals surface area contributed by atoms with E-state index in [-0.39, 0.29) is 5.56 Å². The average Bonchev–Trinajstić information content (AvgIpc) is 2.65. The van der Waals surface area contributed by atoms with Gasteiger partial charge in [0.05, 0.1) is 17.5 Å². The maximum absolute atomic E-state index is 12.2. The summed E-state index contributed by atoms with van der Waals surface area (Å²) in [7, 11) is -3.36. The van der Waals surface area contributed by atoms with Crippen molar-refractivity contribution in [2.75, 3.05) is 29.0 Å². The zero-order chi connectivity index (χ0) is 19.4. The van der Waals surface area contributed by atoms with Crippen LogP contribution in [-0.4, -0.2) is 39.7 Å². The standard InChI is InChI=1S/C19H20N2O5S/c1-27(24,25)21-11-5-6-14-12-15(9-10-17(14)21)19(23)26-13-18(22)20-16-7-3-2-4-8-16/h2-4,7-10,12H,5-6,11,13H2,1H3,(H,20,22). The summed E-state index contributed by atoms with van der Waals surface area (Å²) in [6.45, 7) is 0.0234. The highest BCUT2D eigenvalue weighted by molar-refractivity contribution is 7.92.